The Bertz CT molecular complexity index is 1010. The van der Waals surface area contributed by atoms with Gasteiger partial charge in [0.1, 0.15) is 5.69 Å². The van der Waals surface area contributed by atoms with Gasteiger partial charge >= 0.3 is 0 Å². The Labute approximate surface area is 156 Å². The maximum Gasteiger partial charge on any atom is 0.254 e. The molecule has 0 unspecified atom stereocenters. The fourth-order valence-electron chi connectivity index (χ4n) is 3.56. The predicted molar refractivity (Wildman–Crippen MR) is 99.1 cm³/mol. The molecule has 0 aliphatic carbocycles. The minimum Gasteiger partial charge on any atom is -0.463 e. The molecule has 0 N–H and O–H groups in total. The van der Waals surface area contributed by atoms with Crippen LogP contribution in [-0.2, 0) is 11.8 Å². The molecule has 4 rings (SSSR count). The number of carbonyl (C=O) groups excluding carboxylic acids is 2. The third kappa shape index (κ3) is 2.97. The molecule has 2 amide bonds. The van der Waals surface area contributed by atoms with Crippen LogP contribution in [0, 0.1) is 6.92 Å². The summed E-state index contributed by atoms with van der Waals surface area (Å²) in [6.07, 6.45) is 1.58. The average molecular weight is 367 g/mol. The molecule has 27 heavy (non-hydrogen) atoms. The van der Waals surface area contributed by atoms with Gasteiger partial charge in [-0.1, -0.05) is 0 Å². The summed E-state index contributed by atoms with van der Waals surface area (Å²) in [7, 11) is 1.81. The summed E-state index contributed by atoms with van der Waals surface area (Å²) in [6, 6.07) is 5.38. The number of hydrogen-bond acceptors (Lipinski definition) is 5. The van der Waals surface area contributed by atoms with E-state index in [1.54, 1.807) is 39.8 Å². The van der Waals surface area contributed by atoms with E-state index in [0.29, 0.717) is 48.8 Å². The second-order valence-electron chi connectivity index (χ2n) is 6.74. The van der Waals surface area contributed by atoms with E-state index in [4.69, 9.17) is 4.42 Å². The molecule has 1 saturated heterocycles. The van der Waals surface area contributed by atoms with E-state index in [2.05, 4.69) is 10.1 Å². The highest BCUT2D eigenvalue weighted by atomic mass is 16.3. The van der Waals surface area contributed by atoms with Gasteiger partial charge in [-0.2, -0.15) is 5.10 Å². The molecule has 8 heteroatoms. The summed E-state index contributed by atoms with van der Waals surface area (Å²) in [5.74, 6) is 0.567. The van der Waals surface area contributed by atoms with Crippen LogP contribution in [0.2, 0.25) is 0 Å². The topological polar surface area (TPSA) is 84.5 Å². The number of pyridine rings is 1. The van der Waals surface area contributed by atoms with Crippen LogP contribution >= 0.6 is 0 Å². The number of aromatic nitrogens is 3. The minimum absolute atomic E-state index is 0.0385. The van der Waals surface area contributed by atoms with Crippen LogP contribution in [0.1, 0.15) is 23.0 Å². The SMILES string of the molecule is CC(=O)N1CCN(C(=O)c2cc(-c3ccco3)nc3c2c(C)nn3C)CC1. The van der Waals surface area contributed by atoms with Crippen molar-refractivity contribution in [2.75, 3.05) is 26.2 Å². The lowest BCUT2D eigenvalue weighted by Crippen LogP contribution is -2.50. The zero-order chi connectivity index (χ0) is 19.1. The van der Waals surface area contributed by atoms with Gasteiger partial charge in [0.2, 0.25) is 5.91 Å². The van der Waals surface area contributed by atoms with Crippen molar-refractivity contribution in [3.8, 4) is 11.5 Å². The zero-order valence-corrected chi connectivity index (χ0v) is 15.6. The summed E-state index contributed by atoms with van der Waals surface area (Å²) in [6.45, 7) is 5.55. The number of amides is 2. The Balaban J connectivity index is 1.76. The molecule has 0 spiro atoms. The van der Waals surface area contributed by atoms with Crippen LogP contribution in [0.15, 0.2) is 28.9 Å². The van der Waals surface area contributed by atoms with Crippen molar-refractivity contribution >= 4 is 22.8 Å². The highest BCUT2D eigenvalue weighted by Gasteiger charge is 2.27. The van der Waals surface area contributed by atoms with Crippen molar-refractivity contribution in [3.63, 3.8) is 0 Å². The number of fused-ring (bicyclic) bond motifs is 1. The lowest BCUT2D eigenvalue weighted by atomic mass is 10.1. The van der Waals surface area contributed by atoms with Crippen LogP contribution < -0.4 is 0 Å². The maximum atomic E-state index is 13.3. The highest BCUT2D eigenvalue weighted by molar-refractivity contribution is 6.07. The summed E-state index contributed by atoms with van der Waals surface area (Å²) in [5.41, 5.74) is 2.57. The van der Waals surface area contributed by atoms with Gasteiger partial charge in [-0.05, 0) is 25.1 Å². The molecule has 4 heterocycles. The lowest BCUT2D eigenvalue weighted by Gasteiger charge is -2.34. The molecule has 3 aromatic rings. The van der Waals surface area contributed by atoms with E-state index in [0.717, 1.165) is 11.1 Å². The Hall–Kier alpha value is -3.16. The smallest absolute Gasteiger partial charge is 0.254 e. The molecule has 0 radical (unpaired) electrons. The first-order valence-corrected chi connectivity index (χ1v) is 8.88. The Morgan fingerprint density at radius 3 is 2.48 bits per heavy atom. The van der Waals surface area contributed by atoms with E-state index >= 15 is 0 Å². The van der Waals surface area contributed by atoms with E-state index in [-0.39, 0.29) is 11.8 Å². The molecule has 8 nitrogen and oxygen atoms in total. The second kappa shape index (κ2) is 6.53. The average Bonchev–Trinajstić information content (AvgIpc) is 3.29. The third-order valence-electron chi connectivity index (χ3n) is 4.98. The van der Waals surface area contributed by atoms with E-state index in [1.165, 1.54) is 0 Å². The van der Waals surface area contributed by atoms with Crippen LogP contribution in [0.3, 0.4) is 0 Å². The molecule has 1 aliphatic heterocycles. The molecule has 0 atom stereocenters. The lowest BCUT2D eigenvalue weighted by molar-refractivity contribution is -0.130. The van der Waals surface area contributed by atoms with Gasteiger partial charge in [-0.3, -0.25) is 14.3 Å². The number of piperazine rings is 1. The maximum absolute atomic E-state index is 13.3. The van der Waals surface area contributed by atoms with E-state index in [1.807, 2.05) is 20.0 Å². The van der Waals surface area contributed by atoms with Gasteiger partial charge in [0.05, 0.1) is 22.9 Å². The number of furan rings is 1. The van der Waals surface area contributed by atoms with Gasteiger partial charge in [0.25, 0.3) is 5.91 Å². The fourth-order valence-corrected chi connectivity index (χ4v) is 3.56. The molecule has 140 valence electrons. The molecule has 0 aromatic carbocycles. The van der Waals surface area contributed by atoms with Crippen molar-refractivity contribution in [3.05, 3.63) is 35.7 Å². The zero-order valence-electron chi connectivity index (χ0n) is 15.6. The Morgan fingerprint density at radius 1 is 1.15 bits per heavy atom. The Morgan fingerprint density at radius 2 is 1.85 bits per heavy atom. The largest absolute Gasteiger partial charge is 0.463 e. The van der Waals surface area contributed by atoms with Crippen LogP contribution in [0.25, 0.3) is 22.5 Å². The molecule has 3 aromatic heterocycles. The molecule has 1 fully saturated rings. The molecule has 0 bridgehead atoms. The number of rotatable bonds is 2. The minimum atomic E-state index is -0.0745. The van der Waals surface area contributed by atoms with E-state index in [9.17, 15) is 9.59 Å². The van der Waals surface area contributed by atoms with Crippen molar-refractivity contribution in [2.45, 2.75) is 13.8 Å². The number of aryl methyl sites for hydroxylation is 2. The summed E-state index contributed by atoms with van der Waals surface area (Å²) >= 11 is 0. The standard InChI is InChI=1S/C19H21N5O3/c1-12-17-14(19(26)24-8-6-23(7-9-24)13(2)25)11-15(16-5-4-10-27-16)20-18(17)22(3)21-12/h4-5,10-11H,6-9H2,1-3H3. The van der Waals surface area contributed by atoms with E-state index < -0.39 is 0 Å². The van der Waals surface area contributed by atoms with Gasteiger partial charge in [0.15, 0.2) is 11.4 Å². The number of carbonyl (C=O) groups is 2. The third-order valence-corrected chi connectivity index (χ3v) is 4.98. The van der Waals surface area contributed by atoms with Gasteiger partial charge in [-0.25, -0.2) is 4.98 Å². The first-order chi connectivity index (χ1) is 13.0. The monoisotopic (exact) mass is 367 g/mol. The van der Waals surface area contributed by atoms with Crippen LogP contribution in [0.4, 0.5) is 0 Å². The summed E-state index contributed by atoms with van der Waals surface area (Å²) in [5, 5.41) is 5.19. The molecular formula is C19H21N5O3. The molecular weight excluding hydrogens is 346 g/mol. The Kier molecular flexibility index (Phi) is 4.18. The van der Waals surface area contributed by atoms with Crippen LogP contribution in [0.5, 0.6) is 0 Å². The molecule has 1 aliphatic rings. The first-order valence-electron chi connectivity index (χ1n) is 8.88. The highest BCUT2D eigenvalue weighted by Crippen LogP contribution is 2.28. The van der Waals surface area contributed by atoms with Crippen molar-refractivity contribution in [2.24, 2.45) is 7.05 Å². The normalized spacial score (nSPS) is 14.8. The first kappa shape index (κ1) is 17.3. The van der Waals surface area contributed by atoms with Crippen LogP contribution in [-0.4, -0.2) is 62.6 Å². The van der Waals surface area contributed by atoms with Gasteiger partial charge in [-0.15, -0.1) is 0 Å². The van der Waals surface area contributed by atoms with Crippen molar-refractivity contribution in [1.29, 1.82) is 0 Å². The number of nitrogens with zero attached hydrogens (tertiary/aromatic N) is 5. The summed E-state index contributed by atoms with van der Waals surface area (Å²) in [4.78, 5) is 33.0. The number of hydrogen-bond donors (Lipinski definition) is 0. The van der Waals surface area contributed by atoms with Crippen molar-refractivity contribution < 1.29 is 14.0 Å². The second-order valence-corrected chi connectivity index (χ2v) is 6.74. The quantitative estimate of drug-likeness (QED) is 0.690. The van der Waals surface area contributed by atoms with Gasteiger partial charge < -0.3 is 14.2 Å². The van der Waals surface area contributed by atoms with Gasteiger partial charge in [0, 0.05) is 40.2 Å². The summed E-state index contributed by atoms with van der Waals surface area (Å²) < 4.78 is 7.16. The fraction of sp³-hybridized carbons (Fsp3) is 0.368. The predicted octanol–water partition coefficient (Wildman–Crippen LogP) is 1.84. The molecule has 0 saturated carbocycles. The van der Waals surface area contributed by atoms with Crippen molar-refractivity contribution in [1.82, 2.24) is 24.6 Å².